The van der Waals surface area contributed by atoms with Gasteiger partial charge < -0.3 is 8.92 Å². The molecule has 1 aliphatic heterocycles. The van der Waals surface area contributed by atoms with Gasteiger partial charge in [0.05, 0.1) is 5.56 Å². The number of rotatable bonds is 4. The summed E-state index contributed by atoms with van der Waals surface area (Å²) in [6.07, 6.45) is 1.65. The molecule has 0 bridgehead atoms. The normalized spacial score (nSPS) is 14.6. The predicted octanol–water partition coefficient (Wildman–Crippen LogP) is 5.03. The van der Waals surface area contributed by atoms with E-state index in [-0.39, 0.29) is 27.9 Å². The SMILES string of the molecule is Cc1cccc(C=C2Oc3cc(OS(=O)(=O)c4ccc(Cl)cc4)ccc3C2=O)c1. The smallest absolute Gasteiger partial charge is 0.339 e. The third-order valence-corrected chi connectivity index (χ3v) is 5.80. The second-order valence-electron chi connectivity index (χ2n) is 6.50. The highest BCUT2D eigenvalue weighted by Crippen LogP contribution is 2.35. The number of allylic oxidation sites excluding steroid dienone is 1. The molecule has 146 valence electrons. The van der Waals surface area contributed by atoms with Gasteiger partial charge in [0, 0.05) is 11.1 Å². The molecule has 7 heteroatoms. The van der Waals surface area contributed by atoms with Crippen LogP contribution in [0.25, 0.3) is 6.08 Å². The topological polar surface area (TPSA) is 69.7 Å². The zero-order chi connectivity index (χ0) is 20.6. The Morgan fingerprint density at radius 1 is 1.00 bits per heavy atom. The summed E-state index contributed by atoms with van der Waals surface area (Å²) in [4.78, 5) is 12.5. The molecular formula is C22H15ClO5S. The van der Waals surface area contributed by atoms with Gasteiger partial charge in [-0.2, -0.15) is 8.42 Å². The van der Waals surface area contributed by atoms with Crippen LogP contribution >= 0.6 is 11.6 Å². The standard InChI is InChI=1S/C22H15ClO5S/c1-14-3-2-4-15(11-14)12-21-22(24)19-10-7-17(13-20(19)27-21)28-29(25,26)18-8-5-16(23)6-9-18/h2-13H,1H3. The van der Waals surface area contributed by atoms with Crippen LogP contribution in [0.15, 0.2) is 77.4 Å². The second-order valence-corrected chi connectivity index (χ2v) is 8.49. The third-order valence-electron chi connectivity index (χ3n) is 4.29. The Morgan fingerprint density at radius 2 is 1.76 bits per heavy atom. The number of halogens is 1. The molecule has 1 heterocycles. The maximum absolute atomic E-state index is 12.6. The molecule has 0 atom stereocenters. The molecule has 1 aliphatic rings. The summed E-state index contributed by atoms with van der Waals surface area (Å²) in [7, 11) is -4.04. The number of aryl methyl sites for hydroxylation is 1. The van der Waals surface area contributed by atoms with Crippen LogP contribution in [0.1, 0.15) is 21.5 Å². The lowest BCUT2D eigenvalue weighted by molar-refractivity contribution is 0.101. The second kappa shape index (κ2) is 7.39. The molecule has 0 saturated heterocycles. The van der Waals surface area contributed by atoms with E-state index >= 15 is 0 Å². The highest BCUT2D eigenvalue weighted by atomic mass is 35.5. The van der Waals surface area contributed by atoms with E-state index in [9.17, 15) is 13.2 Å². The van der Waals surface area contributed by atoms with Crippen LogP contribution in [0.2, 0.25) is 5.02 Å². The third kappa shape index (κ3) is 4.04. The molecule has 0 radical (unpaired) electrons. The number of fused-ring (bicyclic) bond motifs is 1. The summed E-state index contributed by atoms with van der Waals surface area (Å²) in [5.74, 6) is 0.193. The van der Waals surface area contributed by atoms with Gasteiger partial charge in [0.15, 0.2) is 5.76 Å². The van der Waals surface area contributed by atoms with Crippen molar-refractivity contribution in [2.24, 2.45) is 0 Å². The van der Waals surface area contributed by atoms with Crippen molar-refractivity contribution in [1.82, 2.24) is 0 Å². The van der Waals surface area contributed by atoms with Crippen molar-refractivity contribution in [3.63, 3.8) is 0 Å². The van der Waals surface area contributed by atoms with Crippen LogP contribution in [0.5, 0.6) is 11.5 Å². The van der Waals surface area contributed by atoms with Gasteiger partial charge in [-0.05, 0) is 55.0 Å². The fourth-order valence-corrected chi connectivity index (χ4v) is 3.96. The number of hydrogen-bond donors (Lipinski definition) is 0. The summed E-state index contributed by atoms with van der Waals surface area (Å²) >= 11 is 5.79. The molecule has 3 aromatic rings. The van der Waals surface area contributed by atoms with Gasteiger partial charge in [0.1, 0.15) is 16.4 Å². The lowest BCUT2D eigenvalue weighted by atomic mass is 10.1. The Labute approximate surface area is 173 Å². The van der Waals surface area contributed by atoms with Crippen molar-refractivity contribution in [2.45, 2.75) is 11.8 Å². The fraction of sp³-hybridized carbons (Fsp3) is 0.0455. The molecule has 0 unspecified atom stereocenters. The monoisotopic (exact) mass is 426 g/mol. The Hall–Kier alpha value is -3.09. The summed E-state index contributed by atoms with van der Waals surface area (Å²) in [6, 6.07) is 17.6. The maximum atomic E-state index is 12.6. The number of benzene rings is 3. The summed E-state index contributed by atoms with van der Waals surface area (Å²) in [5, 5.41) is 0.418. The fourth-order valence-electron chi connectivity index (χ4n) is 2.91. The highest BCUT2D eigenvalue weighted by Gasteiger charge is 2.28. The first-order valence-electron chi connectivity index (χ1n) is 8.67. The molecular weight excluding hydrogens is 412 g/mol. The molecule has 0 fully saturated rings. The summed E-state index contributed by atoms with van der Waals surface area (Å²) in [5.41, 5.74) is 2.24. The molecule has 0 saturated carbocycles. The molecule has 0 spiro atoms. The van der Waals surface area contributed by atoms with Gasteiger partial charge in [0.25, 0.3) is 0 Å². The Balaban J connectivity index is 1.60. The molecule has 0 N–H and O–H groups in total. The zero-order valence-electron chi connectivity index (χ0n) is 15.3. The molecule has 0 aromatic heterocycles. The van der Waals surface area contributed by atoms with E-state index in [0.717, 1.165) is 11.1 Å². The van der Waals surface area contributed by atoms with E-state index in [1.165, 1.54) is 42.5 Å². The lowest BCUT2D eigenvalue weighted by Crippen LogP contribution is -2.09. The van der Waals surface area contributed by atoms with Gasteiger partial charge in [-0.15, -0.1) is 0 Å². The highest BCUT2D eigenvalue weighted by molar-refractivity contribution is 7.87. The van der Waals surface area contributed by atoms with E-state index in [2.05, 4.69) is 0 Å². The van der Waals surface area contributed by atoms with Crippen molar-refractivity contribution in [2.75, 3.05) is 0 Å². The van der Waals surface area contributed by atoms with Crippen molar-refractivity contribution < 1.29 is 22.1 Å². The van der Waals surface area contributed by atoms with E-state index in [1.807, 2.05) is 31.2 Å². The number of Topliss-reactive ketones (excluding diaryl/α,β-unsaturated/α-hetero) is 1. The minimum Gasteiger partial charge on any atom is -0.452 e. The molecule has 0 amide bonds. The van der Waals surface area contributed by atoms with Crippen LogP contribution in [0.3, 0.4) is 0 Å². The summed E-state index contributed by atoms with van der Waals surface area (Å²) in [6.45, 7) is 1.96. The van der Waals surface area contributed by atoms with Crippen LogP contribution in [0.4, 0.5) is 0 Å². The van der Waals surface area contributed by atoms with Gasteiger partial charge in [0.2, 0.25) is 5.78 Å². The van der Waals surface area contributed by atoms with Crippen LogP contribution in [-0.4, -0.2) is 14.2 Å². The van der Waals surface area contributed by atoms with Crippen molar-refractivity contribution >= 4 is 33.6 Å². The van der Waals surface area contributed by atoms with Crippen molar-refractivity contribution in [3.8, 4) is 11.5 Å². The van der Waals surface area contributed by atoms with Gasteiger partial charge in [-0.3, -0.25) is 4.79 Å². The van der Waals surface area contributed by atoms with E-state index in [4.69, 9.17) is 20.5 Å². The van der Waals surface area contributed by atoms with Gasteiger partial charge in [-0.25, -0.2) is 0 Å². The average Bonchev–Trinajstić information content (AvgIpc) is 2.97. The minimum absolute atomic E-state index is 0.0283. The lowest BCUT2D eigenvalue weighted by Gasteiger charge is -2.08. The predicted molar refractivity (Wildman–Crippen MR) is 110 cm³/mol. The first kappa shape index (κ1) is 19.2. The van der Waals surface area contributed by atoms with Crippen molar-refractivity contribution in [3.05, 3.63) is 94.2 Å². The minimum atomic E-state index is -4.04. The van der Waals surface area contributed by atoms with Gasteiger partial charge >= 0.3 is 10.1 Å². The molecule has 0 aliphatic carbocycles. The Kier molecular flexibility index (Phi) is 4.90. The number of ether oxygens (including phenoxy) is 1. The van der Waals surface area contributed by atoms with Gasteiger partial charge in [-0.1, -0.05) is 41.4 Å². The van der Waals surface area contributed by atoms with Crippen LogP contribution < -0.4 is 8.92 Å². The van der Waals surface area contributed by atoms with E-state index in [0.29, 0.717) is 10.6 Å². The maximum Gasteiger partial charge on any atom is 0.339 e. The molecule has 29 heavy (non-hydrogen) atoms. The molecule has 3 aromatic carbocycles. The number of carbonyl (C=O) groups is 1. The number of carbonyl (C=O) groups excluding carboxylic acids is 1. The molecule has 5 nitrogen and oxygen atoms in total. The first-order valence-corrected chi connectivity index (χ1v) is 10.5. The number of ketones is 1. The average molecular weight is 427 g/mol. The Morgan fingerprint density at radius 3 is 2.48 bits per heavy atom. The van der Waals surface area contributed by atoms with Crippen LogP contribution in [0, 0.1) is 6.92 Å². The first-order chi connectivity index (χ1) is 13.8. The Bertz CT molecular complexity index is 1240. The number of hydrogen-bond acceptors (Lipinski definition) is 5. The quantitative estimate of drug-likeness (QED) is 0.432. The molecule has 4 rings (SSSR count). The largest absolute Gasteiger partial charge is 0.452 e. The van der Waals surface area contributed by atoms with E-state index in [1.54, 1.807) is 6.08 Å². The van der Waals surface area contributed by atoms with E-state index < -0.39 is 10.1 Å². The zero-order valence-corrected chi connectivity index (χ0v) is 16.8. The summed E-state index contributed by atoms with van der Waals surface area (Å²) < 4.78 is 35.7. The van der Waals surface area contributed by atoms with Crippen LogP contribution in [-0.2, 0) is 10.1 Å². The van der Waals surface area contributed by atoms with Crippen molar-refractivity contribution in [1.29, 1.82) is 0 Å².